The molecule has 0 aromatic rings. The van der Waals surface area contributed by atoms with E-state index in [0.29, 0.717) is 4.32 Å². The van der Waals surface area contributed by atoms with Gasteiger partial charge in [0.2, 0.25) is 0 Å². The van der Waals surface area contributed by atoms with Gasteiger partial charge in [0, 0.05) is 4.32 Å². The monoisotopic (exact) mass is 240 g/mol. The average molecular weight is 241 g/mol. The van der Waals surface area contributed by atoms with Crippen molar-refractivity contribution in [3.05, 3.63) is 0 Å². The molecule has 5 rings (SSSR count). The molecule has 5 aliphatic rings. The smallest absolute Gasteiger partial charge is 0.0266 e. The van der Waals surface area contributed by atoms with E-state index in [2.05, 4.69) is 15.9 Å². The molecule has 1 heteroatoms. The zero-order valence-corrected chi connectivity index (χ0v) is 9.59. The summed E-state index contributed by atoms with van der Waals surface area (Å²) in [6.45, 7) is 0. The first-order valence-electron chi connectivity index (χ1n) is 5.94. The highest BCUT2D eigenvalue weighted by atomic mass is 79.9. The van der Waals surface area contributed by atoms with E-state index >= 15 is 0 Å². The van der Waals surface area contributed by atoms with Gasteiger partial charge in [-0.2, -0.15) is 0 Å². The maximum atomic E-state index is 4.04. The molecule has 5 saturated carbocycles. The van der Waals surface area contributed by atoms with E-state index in [1.54, 1.807) is 19.3 Å². The molecule has 4 unspecified atom stereocenters. The Bertz CT molecular complexity index is 240. The normalized spacial score (nSPS) is 67.6. The molecular formula is C12H17Br. The van der Waals surface area contributed by atoms with Gasteiger partial charge in [0.05, 0.1) is 0 Å². The number of hydrogen-bond donors (Lipinski definition) is 0. The molecule has 13 heavy (non-hydrogen) atoms. The number of halogens is 1. The standard InChI is InChI=1S/C12H17Br/c13-12-4-7-3-8(5-12)10-2-1-9(7)11(10)6-12/h7-11H,1-6H2. The first kappa shape index (κ1) is 7.73. The molecule has 0 heterocycles. The molecular weight excluding hydrogens is 224 g/mol. The lowest BCUT2D eigenvalue weighted by Crippen LogP contribution is -2.52. The maximum absolute atomic E-state index is 4.04. The molecule has 0 nitrogen and oxygen atoms in total. The highest BCUT2D eigenvalue weighted by Crippen LogP contribution is 2.68. The lowest BCUT2D eigenvalue weighted by Gasteiger charge is -2.58. The molecule has 0 saturated heterocycles. The van der Waals surface area contributed by atoms with Gasteiger partial charge in [-0.25, -0.2) is 0 Å². The van der Waals surface area contributed by atoms with Crippen LogP contribution in [-0.4, -0.2) is 4.32 Å². The Morgan fingerprint density at radius 3 is 2.08 bits per heavy atom. The molecule has 5 fully saturated rings. The zero-order chi connectivity index (χ0) is 8.63. The predicted molar refractivity (Wildman–Crippen MR) is 56.8 cm³/mol. The van der Waals surface area contributed by atoms with Gasteiger partial charge < -0.3 is 0 Å². The van der Waals surface area contributed by atoms with Gasteiger partial charge in [-0.1, -0.05) is 15.9 Å². The van der Waals surface area contributed by atoms with Crippen molar-refractivity contribution in [3.63, 3.8) is 0 Å². The molecule has 0 radical (unpaired) electrons. The molecule has 0 amide bonds. The summed E-state index contributed by atoms with van der Waals surface area (Å²) < 4.78 is 0.614. The summed E-state index contributed by atoms with van der Waals surface area (Å²) in [5.41, 5.74) is 0. The van der Waals surface area contributed by atoms with Crippen LogP contribution in [-0.2, 0) is 0 Å². The van der Waals surface area contributed by atoms with Crippen LogP contribution in [0.3, 0.4) is 0 Å². The second kappa shape index (κ2) is 2.18. The SMILES string of the molecule is BrC12CC3CC(C1)C1CCC3C1C2. The third-order valence-corrected chi connectivity index (χ3v) is 6.58. The molecule has 4 atom stereocenters. The highest BCUT2D eigenvalue weighted by Gasteiger charge is 2.60. The fourth-order valence-corrected chi connectivity index (χ4v) is 6.63. The zero-order valence-electron chi connectivity index (χ0n) is 8.01. The minimum absolute atomic E-state index is 0.614. The van der Waals surface area contributed by atoms with Crippen molar-refractivity contribution >= 4 is 15.9 Å². The van der Waals surface area contributed by atoms with Gasteiger partial charge >= 0.3 is 0 Å². The fourth-order valence-electron chi connectivity index (χ4n) is 5.42. The summed E-state index contributed by atoms with van der Waals surface area (Å²) in [7, 11) is 0. The predicted octanol–water partition coefficient (Wildman–Crippen LogP) is 3.60. The third-order valence-electron chi connectivity index (χ3n) is 5.61. The summed E-state index contributed by atoms with van der Waals surface area (Å²) in [4.78, 5) is 0. The topological polar surface area (TPSA) is 0 Å². The van der Waals surface area contributed by atoms with Gasteiger partial charge in [0.1, 0.15) is 0 Å². The lowest BCUT2D eigenvalue weighted by atomic mass is 9.51. The van der Waals surface area contributed by atoms with E-state index < -0.39 is 0 Å². The van der Waals surface area contributed by atoms with Crippen molar-refractivity contribution in [3.8, 4) is 0 Å². The Morgan fingerprint density at radius 2 is 1.46 bits per heavy atom. The summed E-state index contributed by atoms with van der Waals surface area (Å²) >= 11 is 4.04. The average Bonchev–Trinajstić information content (AvgIpc) is 2.39. The van der Waals surface area contributed by atoms with Crippen molar-refractivity contribution < 1.29 is 0 Å². The van der Waals surface area contributed by atoms with E-state index in [-0.39, 0.29) is 0 Å². The van der Waals surface area contributed by atoms with Crippen LogP contribution in [0.5, 0.6) is 0 Å². The third kappa shape index (κ3) is 0.836. The first-order chi connectivity index (χ1) is 6.25. The molecule has 0 aromatic heterocycles. The van der Waals surface area contributed by atoms with Crippen molar-refractivity contribution in [2.45, 2.75) is 42.8 Å². The Labute approximate surface area is 88.6 Å². The second-order valence-corrected chi connectivity index (χ2v) is 7.77. The van der Waals surface area contributed by atoms with E-state index in [1.807, 2.05) is 0 Å². The largest absolute Gasteiger partial charge is 0.0853 e. The van der Waals surface area contributed by atoms with Gasteiger partial charge in [0.25, 0.3) is 0 Å². The molecule has 0 N–H and O–H groups in total. The quantitative estimate of drug-likeness (QED) is 0.568. The van der Waals surface area contributed by atoms with E-state index in [4.69, 9.17) is 0 Å². The summed E-state index contributed by atoms with van der Waals surface area (Å²) in [6.07, 6.45) is 9.31. The summed E-state index contributed by atoms with van der Waals surface area (Å²) in [5.74, 6) is 5.70. The minimum atomic E-state index is 0.614. The second-order valence-electron chi connectivity index (χ2n) is 6.09. The van der Waals surface area contributed by atoms with Crippen LogP contribution < -0.4 is 0 Å². The molecule has 0 aliphatic heterocycles. The van der Waals surface area contributed by atoms with Crippen LogP contribution in [0, 0.1) is 29.6 Å². The Balaban J connectivity index is 1.83. The van der Waals surface area contributed by atoms with Gasteiger partial charge in [-0.3, -0.25) is 0 Å². The molecule has 0 spiro atoms. The van der Waals surface area contributed by atoms with E-state index in [0.717, 1.165) is 29.6 Å². The molecule has 5 aliphatic carbocycles. The molecule has 72 valence electrons. The Hall–Kier alpha value is 0.480. The molecule has 0 aromatic carbocycles. The Morgan fingerprint density at radius 1 is 0.846 bits per heavy atom. The van der Waals surface area contributed by atoms with Crippen molar-refractivity contribution in [1.82, 2.24) is 0 Å². The number of hydrogen-bond acceptors (Lipinski definition) is 0. The summed E-state index contributed by atoms with van der Waals surface area (Å²) in [6, 6.07) is 0. The van der Waals surface area contributed by atoms with Crippen molar-refractivity contribution in [1.29, 1.82) is 0 Å². The number of alkyl halides is 1. The van der Waals surface area contributed by atoms with E-state index in [1.165, 1.54) is 19.3 Å². The van der Waals surface area contributed by atoms with Crippen LogP contribution in [0.1, 0.15) is 38.5 Å². The van der Waals surface area contributed by atoms with Crippen LogP contribution >= 0.6 is 15.9 Å². The van der Waals surface area contributed by atoms with Gasteiger partial charge in [-0.15, -0.1) is 0 Å². The Kier molecular flexibility index (Phi) is 1.30. The van der Waals surface area contributed by atoms with Crippen LogP contribution in [0.15, 0.2) is 0 Å². The highest BCUT2D eigenvalue weighted by molar-refractivity contribution is 9.10. The fraction of sp³-hybridized carbons (Fsp3) is 1.00. The van der Waals surface area contributed by atoms with Crippen molar-refractivity contribution in [2.24, 2.45) is 29.6 Å². The lowest BCUT2D eigenvalue weighted by molar-refractivity contribution is -0.0295. The van der Waals surface area contributed by atoms with Crippen molar-refractivity contribution in [2.75, 3.05) is 0 Å². The number of rotatable bonds is 0. The van der Waals surface area contributed by atoms with Crippen LogP contribution in [0.2, 0.25) is 0 Å². The van der Waals surface area contributed by atoms with Gasteiger partial charge in [-0.05, 0) is 68.1 Å². The minimum Gasteiger partial charge on any atom is -0.0853 e. The first-order valence-corrected chi connectivity index (χ1v) is 6.73. The van der Waals surface area contributed by atoms with Crippen LogP contribution in [0.4, 0.5) is 0 Å². The summed E-state index contributed by atoms with van der Waals surface area (Å²) in [5, 5.41) is 0. The van der Waals surface area contributed by atoms with Gasteiger partial charge in [0.15, 0.2) is 0 Å². The van der Waals surface area contributed by atoms with Crippen LogP contribution in [0.25, 0.3) is 0 Å². The maximum Gasteiger partial charge on any atom is 0.0266 e. The molecule has 6 bridgehead atoms. The van der Waals surface area contributed by atoms with E-state index in [9.17, 15) is 0 Å².